The minimum Gasteiger partial charge on any atom is -0.360 e. The van der Waals surface area contributed by atoms with E-state index in [-0.39, 0.29) is 0 Å². The highest BCUT2D eigenvalue weighted by Crippen LogP contribution is 2.44. The van der Waals surface area contributed by atoms with Crippen molar-refractivity contribution in [2.45, 2.75) is 6.17 Å². The number of rotatable bonds is 0. The number of allylic oxidation sites excluding steroid dienone is 3. The quantitative estimate of drug-likeness (QED) is 0.683. The molecule has 0 spiro atoms. The number of para-hydroxylation sites is 1. The molecule has 2 heteroatoms. The molecule has 3 aliphatic heterocycles. The van der Waals surface area contributed by atoms with Gasteiger partial charge in [0.25, 0.3) is 0 Å². The molecule has 15 heavy (non-hydrogen) atoms. The summed E-state index contributed by atoms with van der Waals surface area (Å²) in [6, 6.07) is 6.40. The van der Waals surface area contributed by atoms with Crippen molar-refractivity contribution in [3.8, 4) is 0 Å². The fourth-order valence-corrected chi connectivity index (χ4v) is 2.52. The van der Waals surface area contributed by atoms with Crippen LogP contribution in [0.25, 0.3) is 6.08 Å². The van der Waals surface area contributed by atoms with Crippen LogP contribution >= 0.6 is 0 Å². The summed E-state index contributed by atoms with van der Waals surface area (Å²) in [7, 11) is 0. The first-order valence-corrected chi connectivity index (χ1v) is 5.19. The Morgan fingerprint density at radius 1 is 1.20 bits per heavy atom. The standard InChI is InChI=1S/C13H10N2/c1-3-9-7-8-10-4-2-6-12-14-11(5-1)13(9)15(10)12/h1-8,12,14H. The second-order valence-corrected chi connectivity index (χ2v) is 4.01. The molecule has 1 unspecified atom stereocenters. The third kappa shape index (κ3) is 0.796. The maximum absolute atomic E-state index is 3.51. The van der Waals surface area contributed by atoms with Gasteiger partial charge in [0.1, 0.15) is 6.17 Å². The second-order valence-electron chi connectivity index (χ2n) is 4.01. The lowest BCUT2D eigenvalue weighted by atomic mass is 10.0. The van der Waals surface area contributed by atoms with E-state index in [1.807, 2.05) is 0 Å². The van der Waals surface area contributed by atoms with Gasteiger partial charge in [0.2, 0.25) is 0 Å². The Balaban J connectivity index is 2.08. The molecule has 3 aliphatic rings. The molecule has 0 aromatic heterocycles. The Morgan fingerprint density at radius 3 is 3.20 bits per heavy atom. The van der Waals surface area contributed by atoms with Crippen LogP contribution in [-0.2, 0) is 0 Å². The molecule has 0 aliphatic carbocycles. The van der Waals surface area contributed by atoms with E-state index >= 15 is 0 Å². The number of hydrogen-bond donors (Lipinski definition) is 1. The molecule has 0 radical (unpaired) electrons. The summed E-state index contributed by atoms with van der Waals surface area (Å²) in [4.78, 5) is 2.35. The molecule has 72 valence electrons. The summed E-state index contributed by atoms with van der Waals surface area (Å²) in [5, 5.41) is 3.51. The van der Waals surface area contributed by atoms with Crippen molar-refractivity contribution in [3.63, 3.8) is 0 Å². The van der Waals surface area contributed by atoms with Gasteiger partial charge in [0, 0.05) is 11.3 Å². The predicted molar refractivity (Wildman–Crippen MR) is 62.6 cm³/mol. The predicted octanol–water partition coefficient (Wildman–Crippen LogP) is 2.73. The molecule has 0 amide bonds. The minimum atomic E-state index is 0.297. The number of nitrogens with zero attached hydrogens (tertiary/aromatic N) is 1. The number of anilines is 2. The van der Waals surface area contributed by atoms with E-state index in [0.717, 1.165) is 0 Å². The van der Waals surface area contributed by atoms with E-state index in [4.69, 9.17) is 0 Å². The molecule has 0 fully saturated rings. The van der Waals surface area contributed by atoms with E-state index in [9.17, 15) is 0 Å². The van der Waals surface area contributed by atoms with Crippen LogP contribution < -0.4 is 10.2 Å². The SMILES string of the molecule is C1=CC2Nc3cccc4c3N2C(=C1)C=C4. The molecule has 1 aromatic rings. The van der Waals surface area contributed by atoms with Crippen LogP contribution in [0, 0.1) is 0 Å². The fourth-order valence-electron chi connectivity index (χ4n) is 2.52. The lowest BCUT2D eigenvalue weighted by Gasteiger charge is -2.31. The number of benzene rings is 1. The van der Waals surface area contributed by atoms with Gasteiger partial charge in [-0.15, -0.1) is 0 Å². The Labute approximate surface area is 88.2 Å². The van der Waals surface area contributed by atoms with Gasteiger partial charge >= 0.3 is 0 Å². The fraction of sp³-hybridized carbons (Fsp3) is 0.0769. The number of hydrogen-bond acceptors (Lipinski definition) is 2. The van der Waals surface area contributed by atoms with Gasteiger partial charge in [-0.3, -0.25) is 0 Å². The number of nitrogens with one attached hydrogen (secondary N) is 1. The van der Waals surface area contributed by atoms with Gasteiger partial charge in [-0.25, -0.2) is 0 Å². The van der Waals surface area contributed by atoms with Crippen molar-refractivity contribution in [3.05, 3.63) is 53.8 Å². The third-order valence-corrected chi connectivity index (χ3v) is 3.16. The summed E-state index contributed by atoms with van der Waals surface area (Å²) in [5.74, 6) is 0. The molecule has 0 bridgehead atoms. The molecule has 2 nitrogen and oxygen atoms in total. The monoisotopic (exact) mass is 194 g/mol. The highest BCUT2D eigenvalue weighted by molar-refractivity contribution is 5.91. The van der Waals surface area contributed by atoms with Crippen molar-refractivity contribution < 1.29 is 0 Å². The average molecular weight is 194 g/mol. The van der Waals surface area contributed by atoms with Gasteiger partial charge < -0.3 is 10.2 Å². The summed E-state index contributed by atoms with van der Waals surface area (Å²) in [6.45, 7) is 0. The van der Waals surface area contributed by atoms with Crippen molar-refractivity contribution in [2.24, 2.45) is 0 Å². The van der Waals surface area contributed by atoms with Gasteiger partial charge in [0.15, 0.2) is 0 Å². The van der Waals surface area contributed by atoms with Crippen molar-refractivity contribution >= 4 is 17.5 Å². The first-order chi connectivity index (χ1) is 7.43. The van der Waals surface area contributed by atoms with Crippen molar-refractivity contribution in [1.29, 1.82) is 0 Å². The highest BCUT2D eigenvalue weighted by atomic mass is 15.3. The molecule has 4 rings (SSSR count). The van der Waals surface area contributed by atoms with E-state index in [0.29, 0.717) is 6.17 Å². The van der Waals surface area contributed by atoms with Gasteiger partial charge in [-0.05, 0) is 24.3 Å². The Morgan fingerprint density at radius 2 is 2.20 bits per heavy atom. The molecule has 0 saturated heterocycles. The van der Waals surface area contributed by atoms with Gasteiger partial charge in [0.05, 0.1) is 11.4 Å². The Bertz CT molecular complexity index is 537. The van der Waals surface area contributed by atoms with Crippen LogP contribution in [-0.4, -0.2) is 6.17 Å². The summed E-state index contributed by atoms with van der Waals surface area (Å²) >= 11 is 0. The minimum absolute atomic E-state index is 0.297. The first-order valence-electron chi connectivity index (χ1n) is 5.19. The average Bonchev–Trinajstić information content (AvgIpc) is 2.66. The third-order valence-electron chi connectivity index (χ3n) is 3.16. The van der Waals surface area contributed by atoms with Gasteiger partial charge in [-0.2, -0.15) is 0 Å². The maximum Gasteiger partial charge on any atom is 0.123 e. The summed E-state index contributed by atoms with van der Waals surface area (Å²) in [6.07, 6.45) is 11.1. The topological polar surface area (TPSA) is 15.3 Å². The Hall–Kier alpha value is -1.96. The largest absolute Gasteiger partial charge is 0.360 e. The van der Waals surface area contributed by atoms with Crippen molar-refractivity contribution in [2.75, 3.05) is 10.2 Å². The zero-order valence-corrected chi connectivity index (χ0v) is 8.14. The van der Waals surface area contributed by atoms with E-state index < -0.39 is 0 Å². The molecule has 1 atom stereocenters. The second kappa shape index (κ2) is 2.34. The maximum atomic E-state index is 3.51. The molecule has 1 N–H and O–H groups in total. The Kier molecular flexibility index (Phi) is 1.15. The van der Waals surface area contributed by atoms with E-state index in [1.165, 1.54) is 22.6 Å². The van der Waals surface area contributed by atoms with Crippen LogP contribution in [0.1, 0.15) is 5.56 Å². The molecular formula is C13H10N2. The summed E-state index contributed by atoms with van der Waals surface area (Å²) < 4.78 is 0. The van der Waals surface area contributed by atoms with E-state index in [2.05, 4.69) is 58.8 Å². The van der Waals surface area contributed by atoms with Crippen LogP contribution in [0.2, 0.25) is 0 Å². The normalized spacial score (nSPS) is 23.6. The first kappa shape index (κ1) is 7.35. The highest BCUT2D eigenvalue weighted by Gasteiger charge is 2.33. The lowest BCUT2D eigenvalue weighted by Crippen LogP contribution is -2.35. The zero-order valence-electron chi connectivity index (χ0n) is 8.14. The summed E-state index contributed by atoms with van der Waals surface area (Å²) in [5.41, 5.74) is 5.13. The van der Waals surface area contributed by atoms with E-state index in [1.54, 1.807) is 0 Å². The molecule has 0 saturated carbocycles. The molecular weight excluding hydrogens is 184 g/mol. The zero-order chi connectivity index (χ0) is 9.83. The van der Waals surface area contributed by atoms with Crippen LogP contribution in [0.4, 0.5) is 11.4 Å². The molecule has 1 aromatic carbocycles. The van der Waals surface area contributed by atoms with Gasteiger partial charge in [-0.1, -0.05) is 24.3 Å². The smallest absolute Gasteiger partial charge is 0.123 e. The lowest BCUT2D eigenvalue weighted by molar-refractivity contribution is 0.876. The van der Waals surface area contributed by atoms with Crippen LogP contribution in [0.5, 0.6) is 0 Å². The van der Waals surface area contributed by atoms with Crippen LogP contribution in [0.3, 0.4) is 0 Å². The van der Waals surface area contributed by atoms with Crippen molar-refractivity contribution in [1.82, 2.24) is 0 Å². The van der Waals surface area contributed by atoms with Crippen LogP contribution in [0.15, 0.2) is 48.2 Å². The molecule has 3 heterocycles.